The number of aromatic nitrogens is 6. The third-order valence-electron chi connectivity index (χ3n) is 6.51. The first kappa shape index (κ1) is 21.2. The van der Waals surface area contributed by atoms with Crippen LogP contribution in [0.4, 0.5) is 10.2 Å². The van der Waals surface area contributed by atoms with E-state index in [2.05, 4.69) is 43.0 Å². The SMILES string of the molecule is Cc1cc(-c2cc3c(-c4cc5c(-c6ccc(F)s6)nccc5[nH]4)n[nH]c3cn2)nc(N2CC(N)C2)c1. The molecule has 0 radical (unpaired) electrons. The maximum Gasteiger partial charge on any atom is 0.177 e. The second-order valence-electron chi connectivity index (χ2n) is 9.15. The Morgan fingerprint density at radius 1 is 1.00 bits per heavy atom. The van der Waals surface area contributed by atoms with Crippen LogP contribution in [0.1, 0.15) is 5.56 Å². The van der Waals surface area contributed by atoms with E-state index in [9.17, 15) is 4.39 Å². The average Bonchev–Trinajstić information content (AvgIpc) is 3.58. The molecule has 0 aliphatic carbocycles. The van der Waals surface area contributed by atoms with Gasteiger partial charge in [-0.1, -0.05) is 0 Å². The number of rotatable bonds is 4. The van der Waals surface area contributed by atoms with Crippen molar-refractivity contribution in [3.63, 3.8) is 0 Å². The molecule has 1 aliphatic rings. The summed E-state index contributed by atoms with van der Waals surface area (Å²) in [6.45, 7) is 3.68. The molecular weight excluding hydrogens is 475 g/mol. The number of thiophene rings is 1. The van der Waals surface area contributed by atoms with Gasteiger partial charge in [-0.05, 0) is 55.0 Å². The maximum absolute atomic E-state index is 13.7. The number of nitrogens with two attached hydrogens (primary N) is 1. The second-order valence-corrected chi connectivity index (χ2v) is 10.2. The van der Waals surface area contributed by atoms with E-state index >= 15 is 0 Å². The molecule has 4 N–H and O–H groups in total. The van der Waals surface area contributed by atoms with Crippen LogP contribution in [0.2, 0.25) is 0 Å². The standard InChI is InChI=1S/C26H21FN8S/c1-13-6-19(32-24(7-13)35-11-14(28)12-35)18-8-16-21(10-30-18)33-34-25(16)20-9-15-17(31-20)4-5-29-26(15)22-2-3-23(27)36-22/h2-10,14,31H,11-12,28H2,1H3,(H,33,34). The summed E-state index contributed by atoms with van der Waals surface area (Å²) in [6, 6.07) is 13.5. The fourth-order valence-electron chi connectivity index (χ4n) is 4.72. The Bertz CT molecular complexity index is 1760. The number of hydrogen-bond donors (Lipinski definition) is 3. The minimum absolute atomic E-state index is 0.199. The number of hydrogen-bond acceptors (Lipinski definition) is 7. The molecular formula is C26H21FN8S. The van der Waals surface area contributed by atoms with Crippen molar-refractivity contribution in [3.8, 4) is 33.3 Å². The van der Waals surface area contributed by atoms with Gasteiger partial charge in [-0.2, -0.15) is 9.49 Å². The number of halogens is 1. The number of anilines is 1. The quantitative estimate of drug-likeness (QED) is 0.320. The summed E-state index contributed by atoms with van der Waals surface area (Å²) < 4.78 is 13.7. The van der Waals surface area contributed by atoms with Gasteiger partial charge in [-0.3, -0.25) is 15.1 Å². The minimum atomic E-state index is -0.234. The molecule has 1 fully saturated rings. The van der Waals surface area contributed by atoms with Gasteiger partial charge in [-0.25, -0.2) is 4.98 Å². The summed E-state index contributed by atoms with van der Waals surface area (Å²) >= 11 is 1.08. The number of aryl methyl sites for hydroxylation is 1. The van der Waals surface area contributed by atoms with E-state index in [4.69, 9.17) is 10.7 Å². The topological polar surface area (TPSA) is 112 Å². The van der Waals surface area contributed by atoms with Gasteiger partial charge in [0.05, 0.1) is 39.4 Å². The first-order valence-electron chi connectivity index (χ1n) is 11.6. The molecule has 1 saturated heterocycles. The fraction of sp³-hybridized carbons (Fsp3) is 0.154. The number of H-pyrrole nitrogens is 2. The third-order valence-corrected chi connectivity index (χ3v) is 7.39. The minimum Gasteiger partial charge on any atom is -0.353 e. The summed E-state index contributed by atoms with van der Waals surface area (Å²) in [4.78, 5) is 20.4. The lowest BCUT2D eigenvalue weighted by Gasteiger charge is -2.38. The van der Waals surface area contributed by atoms with Crippen LogP contribution in [-0.2, 0) is 0 Å². The van der Waals surface area contributed by atoms with Crippen molar-refractivity contribution < 1.29 is 4.39 Å². The zero-order valence-electron chi connectivity index (χ0n) is 19.3. The molecule has 7 heterocycles. The molecule has 8 nitrogen and oxygen atoms in total. The number of aromatic amines is 2. The monoisotopic (exact) mass is 496 g/mol. The van der Waals surface area contributed by atoms with E-state index in [0.29, 0.717) is 0 Å². The first-order valence-corrected chi connectivity index (χ1v) is 12.4. The van der Waals surface area contributed by atoms with Crippen LogP contribution in [0.15, 0.2) is 54.9 Å². The van der Waals surface area contributed by atoms with Crippen LogP contribution >= 0.6 is 11.3 Å². The van der Waals surface area contributed by atoms with E-state index in [-0.39, 0.29) is 11.2 Å². The first-order chi connectivity index (χ1) is 17.5. The lowest BCUT2D eigenvalue weighted by molar-refractivity contribution is 0.514. The molecule has 36 heavy (non-hydrogen) atoms. The molecule has 178 valence electrons. The van der Waals surface area contributed by atoms with Gasteiger partial charge < -0.3 is 15.6 Å². The predicted molar refractivity (Wildman–Crippen MR) is 140 cm³/mol. The van der Waals surface area contributed by atoms with Crippen molar-refractivity contribution in [2.75, 3.05) is 18.0 Å². The maximum atomic E-state index is 13.7. The van der Waals surface area contributed by atoms with Gasteiger partial charge in [0.25, 0.3) is 0 Å². The molecule has 6 aromatic heterocycles. The molecule has 0 bridgehead atoms. The molecule has 0 amide bonds. The summed E-state index contributed by atoms with van der Waals surface area (Å²) in [5, 5.41) is 9.28. The second kappa shape index (κ2) is 7.94. The third kappa shape index (κ3) is 3.45. The van der Waals surface area contributed by atoms with Gasteiger partial charge in [0.15, 0.2) is 5.13 Å². The fourth-order valence-corrected chi connectivity index (χ4v) is 5.46. The normalized spacial score (nSPS) is 14.1. The van der Waals surface area contributed by atoms with Crippen LogP contribution in [0.5, 0.6) is 0 Å². The van der Waals surface area contributed by atoms with Crippen LogP contribution in [-0.4, -0.2) is 49.3 Å². The van der Waals surface area contributed by atoms with Crippen molar-refractivity contribution in [3.05, 3.63) is 65.6 Å². The highest BCUT2D eigenvalue weighted by molar-refractivity contribution is 7.13. The number of pyridine rings is 3. The van der Waals surface area contributed by atoms with Crippen molar-refractivity contribution in [1.29, 1.82) is 0 Å². The largest absolute Gasteiger partial charge is 0.353 e. The van der Waals surface area contributed by atoms with Gasteiger partial charge in [0, 0.05) is 41.6 Å². The molecule has 0 saturated carbocycles. The van der Waals surface area contributed by atoms with E-state index in [0.717, 1.165) is 91.0 Å². The number of fused-ring (bicyclic) bond motifs is 2. The van der Waals surface area contributed by atoms with E-state index in [1.807, 2.05) is 24.3 Å². The van der Waals surface area contributed by atoms with Crippen LogP contribution < -0.4 is 10.6 Å². The van der Waals surface area contributed by atoms with E-state index in [1.165, 1.54) is 6.07 Å². The lowest BCUT2D eigenvalue weighted by Crippen LogP contribution is -2.56. The van der Waals surface area contributed by atoms with Gasteiger partial charge >= 0.3 is 0 Å². The van der Waals surface area contributed by atoms with E-state index < -0.39 is 0 Å². The van der Waals surface area contributed by atoms with E-state index in [1.54, 1.807) is 18.5 Å². The highest BCUT2D eigenvalue weighted by Gasteiger charge is 2.25. The Hall–Kier alpha value is -4.15. The Kier molecular flexibility index (Phi) is 4.66. The number of nitrogens with zero attached hydrogens (tertiary/aromatic N) is 5. The van der Waals surface area contributed by atoms with Crippen LogP contribution in [0.3, 0.4) is 0 Å². The summed E-state index contributed by atoms with van der Waals surface area (Å²) in [5.74, 6) is 0.918. The molecule has 1 aliphatic heterocycles. The molecule has 0 spiro atoms. The summed E-state index contributed by atoms with van der Waals surface area (Å²) in [5.41, 5.74) is 12.8. The zero-order valence-corrected chi connectivity index (χ0v) is 20.1. The molecule has 0 aromatic carbocycles. The van der Waals surface area contributed by atoms with Gasteiger partial charge in [0.1, 0.15) is 11.5 Å². The molecule has 0 unspecified atom stereocenters. The Morgan fingerprint density at radius 3 is 2.67 bits per heavy atom. The molecule has 10 heteroatoms. The number of nitrogens with one attached hydrogen (secondary N) is 2. The van der Waals surface area contributed by atoms with Gasteiger partial charge in [0.2, 0.25) is 0 Å². The van der Waals surface area contributed by atoms with Crippen molar-refractivity contribution in [2.45, 2.75) is 13.0 Å². The Morgan fingerprint density at radius 2 is 1.86 bits per heavy atom. The Labute approximate surface area is 209 Å². The predicted octanol–water partition coefficient (Wildman–Crippen LogP) is 4.89. The molecule has 6 aromatic rings. The van der Waals surface area contributed by atoms with Crippen LogP contribution in [0.25, 0.3) is 55.2 Å². The highest BCUT2D eigenvalue weighted by Crippen LogP contribution is 2.36. The smallest absolute Gasteiger partial charge is 0.177 e. The zero-order chi connectivity index (χ0) is 24.4. The average molecular weight is 497 g/mol. The Balaban J connectivity index is 1.32. The molecule has 7 rings (SSSR count). The highest BCUT2D eigenvalue weighted by atomic mass is 32.1. The molecule has 0 atom stereocenters. The lowest BCUT2D eigenvalue weighted by atomic mass is 10.1. The van der Waals surface area contributed by atoms with Gasteiger partial charge in [-0.15, -0.1) is 11.3 Å². The van der Waals surface area contributed by atoms with Crippen molar-refractivity contribution >= 4 is 39.0 Å². The van der Waals surface area contributed by atoms with Crippen molar-refractivity contribution in [1.82, 2.24) is 30.1 Å². The summed E-state index contributed by atoms with van der Waals surface area (Å²) in [6.07, 6.45) is 3.51. The van der Waals surface area contributed by atoms with Crippen molar-refractivity contribution in [2.24, 2.45) is 5.73 Å². The summed E-state index contributed by atoms with van der Waals surface area (Å²) in [7, 11) is 0. The van der Waals surface area contributed by atoms with Crippen LogP contribution in [0, 0.1) is 12.1 Å².